The molecule has 0 aliphatic heterocycles. The summed E-state index contributed by atoms with van der Waals surface area (Å²) >= 11 is 0. The van der Waals surface area contributed by atoms with E-state index >= 15 is 0 Å². The van der Waals surface area contributed by atoms with Gasteiger partial charge in [0.25, 0.3) is 0 Å². The molecule has 0 saturated carbocycles. The second-order valence-electron chi connectivity index (χ2n) is 3.64. The number of hydrogen-bond acceptors (Lipinski definition) is 4. The van der Waals surface area contributed by atoms with E-state index in [4.69, 9.17) is 4.74 Å². The van der Waals surface area contributed by atoms with E-state index in [9.17, 15) is 5.11 Å². The highest BCUT2D eigenvalue weighted by atomic mass is 16.5. The van der Waals surface area contributed by atoms with Crippen LogP contribution in [0, 0.1) is 0 Å². The lowest BCUT2D eigenvalue weighted by atomic mass is 10.1. The maximum absolute atomic E-state index is 9.84. The molecule has 1 aromatic heterocycles. The van der Waals surface area contributed by atoms with Crippen molar-refractivity contribution in [2.75, 3.05) is 6.61 Å². The Morgan fingerprint density at radius 3 is 2.53 bits per heavy atom. The van der Waals surface area contributed by atoms with Gasteiger partial charge in [-0.3, -0.25) is 0 Å². The van der Waals surface area contributed by atoms with Crippen LogP contribution in [0.5, 0.6) is 5.75 Å². The fraction of sp³-hybridized carbons (Fsp3) is 0.231. The molecule has 4 nitrogen and oxygen atoms in total. The minimum Gasteiger partial charge on any atom is -0.493 e. The van der Waals surface area contributed by atoms with Gasteiger partial charge < -0.3 is 9.84 Å². The molecule has 0 radical (unpaired) electrons. The van der Waals surface area contributed by atoms with E-state index in [1.165, 1.54) is 6.33 Å². The Morgan fingerprint density at radius 1 is 1.12 bits per heavy atom. The van der Waals surface area contributed by atoms with Crippen molar-refractivity contribution in [3.8, 4) is 5.75 Å². The van der Waals surface area contributed by atoms with Crippen LogP contribution in [-0.4, -0.2) is 21.7 Å². The van der Waals surface area contributed by atoms with Gasteiger partial charge in [-0.15, -0.1) is 0 Å². The molecule has 88 valence electrons. The van der Waals surface area contributed by atoms with E-state index in [-0.39, 0.29) is 0 Å². The molecular weight excluding hydrogens is 216 g/mol. The van der Waals surface area contributed by atoms with Crippen LogP contribution < -0.4 is 4.74 Å². The summed E-state index contributed by atoms with van der Waals surface area (Å²) in [5, 5.41) is 9.84. The maximum atomic E-state index is 9.84. The Morgan fingerprint density at radius 2 is 1.82 bits per heavy atom. The molecule has 0 fully saturated rings. The Hall–Kier alpha value is -1.94. The molecule has 1 unspecified atom stereocenters. The van der Waals surface area contributed by atoms with Crippen LogP contribution in [0.1, 0.15) is 18.1 Å². The molecule has 0 bridgehead atoms. The summed E-state index contributed by atoms with van der Waals surface area (Å²) in [5.74, 6) is 0.809. The quantitative estimate of drug-likeness (QED) is 0.853. The van der Waals surface area contributed by atoms with Crippen molar-refractivity contribution >= 4 is 0 Å². The van der Waals surface area contributed by atoms with Crippen LogP contribution in [0.4, 0.5) is 0 Å². The first-order valence-electron chi connectivity index (χ1n) is 5.47. The van der Waals surface area contributed by atoms with Gasteiger partial charge in [0.05, 0.1) is 12.7 Å². The summed E-state index contributed by atoms with van der Waals surface area (Å²) < 4.78 is 5.50. The lowest BCUT2D eigenvalue weighted by Crippen LogP contribution is -2.05. The zero-order valence-electron chi connectivity index (χ0n) is 9.36. The summed E-state index contributed by atoms with van der Waals surface area (Å²) in [5.41, 5.74) is 0.712. The van der Waals surface area contributed by atoms with Crippen LogP contribution in [0.15, 0.2) is 49.1 Å². The minimum atomic E-state index is -0.583. The van der Waals surface area contributed by atoms with Gasteiger partial charge in [-0.2, -0.15) is 0 Å². The van der Waals surface area contributed by atoms with Crippen LogP contribution in [0.3, 0.4) is 0 Å². The number of aromatic nitrogens is 2. The molecule has 17 heavy (non-hydrogen) atoms. The van der Waals surface area contributed by atoms with E-state index in [2.05, 4.69) is 9.97 Å². The highest BCUT2D eigenvalue weighted by Gasteiger charge is 2.07. The van der Waals surface area contributed by atoms with Gasteiger partial charge in [-0.1, -0.05) is 18.2 Å². The number of para-hydroxylation sites is 1. The monoisotopic (exact) mass is 230 g/mol. The number of ether oxygens (including phenoxy) is 1. The second kappa shape index (κ2) is 5.96. The summed E-state index contributed by atoms with van der Waals surface area (Å²) in [6.07, 6.45) is 4.60. The summed E-state index contributed by atoms with van der Waals surface area (Å²) in [6.45, 7) is 0.458. The Bertz CT molecular complexity index is 434. The third-order valence-electron chi connectivity index (χ3n) is 2.37. The fourth-order valence-electron chi connectivity index (χ4n) is 1.45. The van der Waals surface area contributed by atoms with Crippen LogP contribution in [0.25, 0.3) is 0 Å². The first-order chi connectivity index (χ1) is 8.36. The highest BCUT2D eigenvalue weighted by Crippen LogP contribution is 2.15. The zero-order valence-corrected chi connectivity index (χ0v) is 9.36. The lowest BCUT2D eigenvalue weighted by molar-refractivity contribution is 0.140. The van der Waals surface area contributed by atoms with E-state index < -0.39 is 6.10 Å². The molecule has 0 aliphatic rings. The van der Waals surface area contributed by atoms with Crippen LogP contribution >= 0.6 is 0 Å². The zero-order chi connectivity index (χ0) is 11.9. The van der Waals surface area contributed by atoms with Gasteiger partial charge in [0, 0.05) is 24.4 Å². The molecule has 0 aliphatic carbocycles. The van der Waals surface area contributed by atoms with Crippen molar-refractivity contribution in [3.63, 3.8) is 0 Å². The van der Waals surface area contributed by atoms with Gasteiger partial charge in [-0.25, -0.2) is 9.97 Å². The molecule has 0 saturated heterocycles. The van der Waals surface area contributed by atoms with Crippen molar-refractivity contribution < 1.29 is 9.84 Å². The van der Waals surface area contributed by atoms with E-state index in [0.29, 0.717) is 18.6 Å². The molecule has 2 aromatic rings. The third-order valence-corrected chi connectivity index (χ3v) is 2.37. The molecule has 1 aromatic carbocycles. The largest absolute Gasteiger partial charge is 0.493 e. The first kappa shape index (κ1) is 11.5. The number of rotatable bonds is 5. The van der Waals surface area contributed by atoms with Crippen molar-refractivity contribution in [2.24, 2.45) is 0 Å². The van der Waals surface area contributed by atoms with Gasteiger partial charge in [0.2, 0.25) is 0 Å². The van der Waals surface area contributed by atoms with Crippen molar-refractivity contribution in [1.82, 2.24) is 9.97 Å². The minimum absolute atomic E-state index is 0.458. The molecule has 0 spiro atoms. The van der Waals surface area contributed by atoms with E-state index in [1.54, 1.807) is 12.4 Å². The van der Waals surface area contributed by atoms with Gasteiger partial charge in [-0.05, 0) is 12.1 Å². The number of nitrogens with zero attached hydrogens (tertiary/aromatic N) is 2. The highest BCUT2D eigenvalue weighted by molar-refractivity contribution is 5.20. The third kappa shape index (κ3) is 3.53. The molecule has 1 N–H and O–H groups in total. The van der Waals surface area contributed by atoms with Crippen LogP contribution in [-0.2, 0) is 0 Å². The van der Waals surface area contributed by atoms with Crippen LogP contribution in [0.2, 0.25) is 0 Å². The number of benzene rings is 1. The molecular formula is C13H14N2O2. The Balaban J connectivity index is 1.79. The Labute approximate surface area is 99.9 Å². The SMILES string of the molecule is OC(CCOc1ccccc1)c1cncnc1. The maximum Gasteiger partial charge on any atom is 0.119 e. The molecule has 2 rings (SSSR count). The topological polar surface area (TPSA) is 55.2 Å². The van der Waals surface area contributed by atoms with Gasteiger partial charge in [0.15, 0.2) is 0 Å². The van der Waals surface area contributed by atoms with Crippen molar-refractivity contribution in [2.45, 2.75) is 12.5 Å². The number of hydrogen-bond donors (Lipinski definition) is 1. The standard InChI is InChI=1S/C13H14N2O2/c16-13(11-8-14-10-15-9-11)6-7-17-12-4-2-1-3-5-12/h1-5,8-10,13,16H,6-7H2. The summed E-state index contributed by atoms with van der Waals surface area (Å²) in [7, 11) is 0. The fourth-order valence-corrected chi connectivity index (χ4v) is 1.45. The number of aliphatic hydroxyl groups is 1. The van der Waals surface area contributed by atoms with E-state index in [1.807, 2.05) is 30.3 Å². The van der Waals surface area contributed by atoms with Crippen molar-refractivity contribution in [1.29, 1.82) is 0 Å². The average molecular weight is 230 g/mol. The Kier molecular flexibility index (Phi) is 4.05. The summed E-state index contributed by atoms with van der Waals surface area (Å²) in [4.78, 5) is 7.72. The second-order valence-corrected chi connectivity index (χ2v) is 3.64. The smallest absolute Gasteiger partial charge is 0.119 e. The predicted molar refractivity (Wildman–Crippen MR) is 63.5 cm³/mol. The van der Waals surface area contributed by atoms with Crippen molar-refractivity contribution in [3.05, 3.63) is 54.6 Å². The molecule has 1 heterocycles. The predicted octanol–water partition coefficient (Wildman–Crippen LogP) is 1.98. The van der Waals surface area contributed by atoms with Gasteiger partial charge in [0.1, 0.15) is 12.1 Å². The normalized spacial score (nSPS) is 12.1. The molecule has 4 heteroatoms. The lowest BCUT2D eigenvalue weighted by Gasteiger charge is -2.10. The number of aliphatic hydroxyl groups excluding tert-OH is 1. The first-order valence-corrected chi connectivity index (χ1v) is 5.47. The molecule has 1 atom stereocenters. The van der Waals surface area contributed by atoms with E-state index in [0.717, 1.165) is 5.75 Å². The van der Waals surface area contributed by atoms with Gasteiger partial charge >= 0.3 is 0 Å². The average Bonchev–Trinajstić information content (AvgIpc) is 2.41. The molecule has 0 amide bonds. The summed E-state index contributed by atoms with van der Waals surface area (Å²) in [6, 6.07) is 9.53.